The molecule has 5 N–H and O–H groups in total. The molecule has 0 saturated carbocycles. The van der Waals surface area contributed by atoms with Crippen LogP contribution in [0.2, 0.25) is 0 Å². The van der Waals surface area contributed by atoms with Gasteiger partial charge in [-0.2, -0.15) is 8.42 Å². The fourth-order valence-corrected chi connectivity index (χ4v) is 4.52. The third kappa shape index (κ3) is 8.24. The zero-order valence-corrected chi connectivity index (χ0v) is 21.7. The average Bonchev–Trinajstić information content (AvgIpc) is 2.84. The van der Waals surface area contributed by atoms with Crippen molar-refractivity contribution in [1.82, 2.24) is 0 Å². The van der Waals surface area contributed by atoms with E-state index < -0.39 is 52.5 Å². The molecule has 1 fully saturated rings. The molecule has 1 heterocycles. The van der Waals surface area contributed by atoms with E-state index in [1.54, 1.807) is 18.2 Å². The van der Waals surface area contributed by atoms with Crippen LogP contribution in [0.25, 0.3) is 0 Å². The lowest BCUT2D eigenvalue weighted by atomic mass is 9.85. The number of aliphatic carboxylic acids is 1. The van der Waals surface area contributed by atoms with Gasteiger partial charge in [0.15, 0.2) is 28.7 Å². The highest BCUT2D eigenvalue weighted by atomic mass is 32.3. The third-order valence-corrected chi connectivity index (χ3v) is 6.78. The van der Waals surface area contributed by atoms with Crippen molar-refractivity contribution >= 4 is 16.4 Å². The lowest BCUT2D eigenvalue weighted by molar-refractivity contribution is -0.228. The number of hydrogen-bond donors (Lipinski definition) is 5. The zero-order valence-electron chi connectivity index (χ0n) is 20.9. The molecule has 0 bridgehead atoms. The number of carbonyl (C=O) groups is 1. The van der Waals surface area contributed by atoms with Crippen molar-refractivity contribution in [1.29, 1.82) is 0 Å². The molecule has 214 valence electrons. The molecule has 2 aromatic rings. The molecular weight excluding hydrogens is 542 g/mol. The van der Waals surface area contributed by atoms with Crippen LogP contribution < -0.4 is 13.8 Å². The molecule has 0 radical (unpaired) electrons. The van der Waals surface area contributed by atoms with Gasteiger partial charge in [-0.1, -0.05) is 26.0 Å². The van der Waals surface area contributed by atoms with Crippen LogP contribution in [0.1, 0.15) is 31.4 Å². The van der Waals surface area contributed by atoms with Gasteiger partial charge in [0.2, 0.25) is 12.0 Å². The van der Waals surface area contributed by atoms with E-state index in [9.17, 15) is 38.5 Å². The maximum Gasteiger partial charge on any atom is 0.446 e. The zero-order chi connectivity index (χ0) is 28.9. The molecule has 0 aliphatic carbocycles. The number of carboxylic acids is 1. The molecule has 0 unspecified atom stereocenters. The predicted molar refractivity (Wildman–Crippen MR) is 132 cm³/mol. The summed E-state index contributed by atoms with van der Waals surface area (Å²) in [4.78, 5) is 26.8. The standard InChI is InChI=1S/C24H29NO13S/c1-12(7-14-3-5-16(26)19(9-14)38-39(32,33)34)13(2)8-15-4-6-18(37-25-31)20(10-15)35-21-11-17(27)22(28)23(36-21)24(29)30/h3-6,9-10,12-13,17,21-23,26-28H,7-8,11H2,1-2H3,(H,29,30)(H,32,33,34)/t12-,13+,17+,21+,22-,23-/m0/s1. The van der Waals surface area contributed by atoms with E-state index in [1.165, 1.54) is 18.2 Å². The first kappa shape index (κ1) is 30.0. The lowest BCUT2D eigenvalue weighted by Gasteiger charge is -2.34. The Bertz CT molecular complexity index is 1280. The van der Waals surface area contributed by atoms with Gasteiger partial charge in [0.1, 0.15) is 6.10 Å². The van der Waals surface area contributed by atoms with Gasteiger partial charge in [-0.05, 0) is 60.1 Å². The number of carboxylic acid groups (broad SMARTS) is 1. The van der Waals surface area contributed by atoms with E-state index >= 15 is 0 Å². The molecule has 0 amide bonds. The highest BCUT2D eigenvalue weighted by Gasteiger charge is 2.42. The molecule has 39 heavy (non-hydrogen) atoms. The van der Waals surface area contributed by atoms with Crippen molar-refractivity contribution in [3.05, 3.63) is 52.4 Å². The molecule has 2 aromatic carbocycles. The number of benzene rings is 2. The van der Waals surface area contributed by atoms with Gasteiger partial charge in [0, 0.05) is 6.42 Å². The van der Waals surface area contributed by atoms with Crippen molar-refractivity contribution in [2.24, 2.45) is 17.2 Å². The van der Waals surface area contributed by atoms with Gasteiger partial charge in [-0.3, -0.25) is 4.55 Å². The van der Waals surface area contributed by atoms with E-state index in [1.807, 2.05) is 13.8 Å². The number of aliphatic hydroxyl groups excluding tert-OH is 2. The summed E-state index contributed by atoms with van der Waals surface area (Å²) < 4.78 is 46.3. The number of ether oxygens (including phenoxy) is 2. The number of aliphatic hydroxyl groups is 2. The Morgan fingerprint density at radius 3 is 2.21 bits per heavy atom. The maximum atomic E-state index is 11.4. The summed E-state index contributed by atoms with van der Waals surface area (Å²) in [5.74, 6) is -2.33. The molecule has 0 aromatic heterocycles. The smallest absolute Gasteiger partial charge is 0.446 e. The predicted octanol–water partition coefficient (Wildman–Crippen LogP) is 1.99. The number of phenols is 1. The van der Waals surface area contributed by atoms with E-state index in [-0.39, 0.29) is 29.8 Å². The van der Waals surface area contributed by atoms with Gasteiger partial charge < -0.3 is 38.9 Å². The van der Waals surface area contributed by atoms with Crippen LogP contribution in [-0.2, 0) is 32.8 Å². The SMILES string of the molecule is C[C@H](Cc1ccc(ON=O)c(O[C@H]2C[C@@H](O)[C@H](O)[C@@H](C(=O)O)O2)c1)[C@@H](C)Cc1ccc(O)c(OS(=O)(=O)O)c1. The van der Waals surface area contributed by atoms with Crippen molar-refractivity contribution in [2.75, 3.05) is 0 Å². The molecule has 0 spiro atoms. The van der Waals surface area contributed by atoms with Crippen LogP contribution in [0.5, 0.6) is 23.0 Å². The van der Waals surface area contributed by atoms with Crippen molar-refractivity contribution < 1.29 is 56.7 Å². The lowest BCUT2D eigenvalue weighted by Crippen LogP contribution is -2.53. The van der Waals surface area contributed by atoms with E-state index in [2.05, 4.69) is 9.52 Å². The van der Waals surface area contributed by atoms with Crippen LogP contribution in [0.15, 0.2) is 41.7 Å². The first-order chi connectivity index (χ1) is 18.3. The summed E-state index contributed by atoms with van der Waals surface area (Å²) in [5.41, 5.74) is 1.40. The fourth-order valence-electron chi connectivity index (χ4n) is 4.16. The molecular formula is C24H29NO13S. The molecule has 1 aliphatic heterocycles. The van der Waals surface area contributed by atoms with Gasteiger partial charge in [-0.25, -0.2) is 4.79 Å². The largest absolute Gasteiger partial charge is 0.504 e. The summed E-state index contributed by atoms with van der Waals surface area (Å²) in [6.07, 6.45) is -5.33. The monoisotopic (exact) mass is 571 g/mol. The molecule has 3 rings (SSSR count). The van der Waals surface area contributed by atoms with Gasteiger partial charge >= 0.3 is 16.4 Å². The van der Waals surface area contributed by atoms with Crippen LogP contribution in [0, 0.1) is 16.7 Å². The highest BCUT2D eigenvalue weighted by molar-refractivity contribution is 7.81. The minimum atomic E-state index is -4.81. The topological polar surface area (TPSA) is 219 Å². The number of nitrogens with zero attached hydrogens (tertiary/aromatic N) is 1. The van der Waals surface area contributed by atoms with Gasteiger partial charge in [-0.15, -0.1) is 4.91 Å². The van der Waals surface area contributed by atoms with Crippen molar-refractivity contribution in [2.45, 2.75) is 57.7 Å². The Morgan fingerprint density at radius 1 is 1.05 bits per heavy atom. The number of hydrogen-bond acceptors (Lipinski definition) is 12. The summed E-state index contributed by atoms with van der Waals surface area (Å²) >= 11 is 0. The van der Waals surface area contributed by atoms with Crippen LogP contribution >= 0.6 is 0 Å². The molecule has 6 atom stereocenters. The summed E-state index contributed by atoms with van der Waals surface area (Å²) in [6, 6.07) is 8.84. The second-order valence-electron chi connectivity index (χ2n) is 9.36. The van der Waals surface area contributed by atoms with Crippen LogP contribution in [-0.4, -0.2) is 64.0 Å². The third-order valence-electron chi connectivity index (χ3n) is 6.39. The Balaban J connectivity index is 1.73. The van der Waals surface area contributed by atoms with Crippen molar-refractivity contribution in [3.63, 3.8) is 0 Å². The Hall–Kier alpha value is -3.50. The first-order valence-corrected chi connectivity index (χ1v) is 13.2. The summed E-state index contributed by atoms with van der Waals surface area (Å²) in [6.45, 7) is 3.93. The normalized spacial score (nSPS) is 22.9. The van der Waals surface area contributed by atoms with Gasteiger partial charge in [0.25, 0.3) is 0 Å². The van der Waals surface area contributed by atoms with E-state index in [4.69, 9.17) is 18.9 Å². The minimum Gasteiger partial charge on any atom is -0.504 e. The van der Waals surface area contributed by atoms with E-state index in [0.717, 1.165) is 5.56 Å². The maximum absolute atomic E-state index is 11.4. The Kier molecular flexibility index (Phi) is 9.68. The Morgan fingerprint density at radius 2 is 1.64 bits per heavy atom. The molecule has 14 nitrogen and oxygen atoms in total. The average molecular weight is 572 g/mol. The highest BCUT2D eigenvalue weighted by Crippen LogP contribution is 2.34. The quantitative estimate of drug-likeness (QED) is 0.140. The molecule has 1 saturated heterocycles. The minimum absolute atomic E-state index is 0.00946. The number of phenolic OH excluding ortho intramolecular Hbond substituents is 1. The van der Waals surface area contributed by atoms with E-state index in [0.29, 0.717) is 18.4 Å². The van der Waals surface area contributed by atoms with Crippen LogP contribution in [0.4, 0.5) is 0 Å². The second-order valence-corrected chi connectivity index (χ2v) is 10.4. The number of aromatic hydroxyl groups is 1. The Labute approximate surface area is 223 Å². The van der Waals surface area contributed by atoms with Gasteiger partial charge in [0.05, 0.1) is 6.10 Å². The fraction of sp³-hybridized carbons (Fsp3) is 0.458. The number of rotatable bonds is 12. The summed E-state index contributed by atoms with van der Waals surface area (Å²) in [7, 11) is -4.81. The first-order valence-electron chi connectivity index (χ1n) is 11.8. The van der Waals surface area contributed by atoms with Crippen LogP contribution in [0.3, 0.4) is 0 Å². The summed E-state index contributed by atoms with van der Waals surface area (Å²) in [5, 5.41) is 41.3. The second kappa shape index (κ2) is 12.6. The van der Waals surface area contributed by atoms with Crippen molar-refractivity contribution in [3.8, 4) is 23.0 Å². The molecule has 15 heteroatoms. The molecule has 1 aliphatic rings.